The van der Waals surface area contributed by atoms with Gasteiger partial charge >= 0.3 is 0 Å². The molecule has 2 aromatic rings. The zero-order valence-corrected chi connectivity index (χ0v) is 13.1. The van der Waals surface area contributed by atoms with Gasteiger partial charge in [-0.3, -0.25) is 4.79 Å². The molecule has 98 valence electrons. The van der Waals surface area contributed by atoms with E-state index in [-0.39, 0.29) is 5.91 Å². The van der Waals surface area contributed by atoms with E-state index in [9.17, 15) is 4.79 Å². The molecule has 0 aliphatic heterocycles. The first-order valence-corrected chi connectivity index (χ1v) is 7.05. The maximum atomic E-state index is 12.2. The number of halogens is 3. The van der Waals surface area contributed by atoms with Gasteiger partial charge in [-0.05, 0) is 42.8 Å². The van der Waals surface area contributed by atoms with Crippen LogP contribution in [0.4, 0.5) is 5.69 Å². The molecule has 5 heteroatoms. The summed E-state index contributed by atoms with van der Waals surface area (Å²) < 4.78 is 0.850. The van der Waals surface area contributed by atoms with Crippen LogP contribution in [0.25, 0.3) is 0 Å². The van der Waals surface area contributed by atoms with Crippen LogP contribution >= 0.6 is 39.1 Å². The number of rotatable bonds is 2. The van der Waals surface area contributed by atoms with Crippen LogP contribution in [0.1, 0.15) is 15.9 Å². The number of benzene rings is 2. The van der Waals surface area contributed by atoms with Crippen molar-refractivity contribution in [1.82, 2.24) is 0 Å². The zero-order chi connectivity index (χ0) is 14.0. The lowest BCUT2D eigenvalue weighted by Gasteiger charge is -2.09. The Labute approximate surface area is 129 Å². The van der Waals surface area contributed by atoms with Gasteiger partial charge in [0.15, 0.2) is 0 Å². The van der Waals surface area contributed by atoms with Crippen LogP contribution in [0.3, 0.4) is 0 Å². The van der Waals surface area contributed by atoms with Crippen molar-refractivity contribution < 1.29 is 4.79 Å². The molecule has 0 saturated carbocycles. The molecule has 0 aromatic heterocycles. The van der Waals surface area contributed by atoms with Crippen LogP contribution in [0.2, 0.25) is 10.0 Å². The third-order valence-corrected chi connectivity index (χ3v) is 3.59. The molecule has 0 spiro atoms. The topological polar surface area (TPSA) is 29.1 Å². The van der Waals surface area contributed by atoms with Crippen molar-refractivity contribution in [1.29, 1.82) is 0 Å². The fourth-order valence-corrected chi connectivity index (χ4v) is 2.77. The molecule has 0 unspecified atom stereocenters. The quantitative estimate of drug-likeness (QED) is 0.773. The van der Waals surface area contributed by atoms with Crippen molar-refractivity contribution in [3.8, 4) is 0 Å². The molecular weight excluding hydrogens is 349 g/mol. The van der Waals surface area contributed by atoms with E-state index in [1.165, 1.54) is 0 Å². The number of anilines is 1. The predicted octanol–water partition coefficient (Wildman–Crippen LogP) is 5.32. The summed E-state index contributed by atoms with van der Waals surface area (Å²) in [6.45, 7) is 1.92. The molecule has 2 aromatic carbocycles. The molecule has 0 atom stereocenters. The lowest BCUT2D eigenvalue weighted by Crippen LogP contribution is -2.12. The molecule has 1 N–H and O–H groups in total. The van der Waals surface area contributed by atoms with Crippen LogP contribution < -0.4 is 5.32 Å². The van der Waals surface area contributed by atoms with Crippen molar-refractivity contribution in [3.05, 3.63) is 62.0 Å². The van der Waals surface area contributed by atoms with E-state index in [1.807, 2.05) is 13.0 Å². The molecule has 0 aliphatic rings. The van der Waals surface area contributed by atoms with Crippen molar-refractivity contribution in [2.75, 3.05) is 5.32 Å². The van der Waals surface area contributed by atoms with E-state index in [1.54, 1.807) is 30.3 Å². The summed E-state index contributed by atoms with van der Waals surface area (Å²) in [6, 6.07) is 10.5. The number of hydrogen-bond acceptors (Lipinski definition) is 1. The van der Waals surface area contributed by atoms with Gasteiger partial charge in [-0.15, -0.1) is 0 Å². The summed E-state index contributed by atoms with van der Waals surface area (Å²) in [5.41, 5.74) is 1.96. The summed E-state index contributed by atoms with van der Waals surface area (Å²) >= 11 is 15.4. The standard InChI is InChI=1S/C14H10BrCl2NO/c1-8-5-9(7-10(15)6-8)14(19)18-13-11(16)3-2-4-12(13)17/h2-7H,1H3,(H,18,19). The minimum atomic E-state index is -0.251. The predicted molar refractivity (Wildman–Crippen MR) is 83.3 cm³/mol. The first kappa shape index (κ1) is 14.4. The second-order valence-electron chi connectivity index (χ2n) is 4.07. The lowest BCUT2D eigenvalue weighted by atomic mass is 10.1. The number of hydrogen-bond donors (Lipinski definition) is 1. The van der Waals surface area contributed by atoms with Crippen molar-refractivity contribution in [2.24, 2.45) is 0 Å². The minimum Gasteiger partial charge on any atom is -0.319 e. The highest BCUT2D eigenvalue weighted by Crippen LogP contribution is 2.30. The Kier molecular flexibility index (Phi) is 4.50. The summed E-state index contributed by atoms with van der Waals surface area (Å²) in [6.07, 6.45) is 0. The van der Waals surface area contributed by atoms with Crippen LogP contribution in [0.5, 0.6) is 0 Å². The Morgan fingerprint density at radius 1 is 1.16 bits per heavy atom. The maximum absolute atomic E-state index is 12.2. The number of amides is 1. The maximum Gasteiger partial charge on any atom is 0.255 e. The molecule has 2 nitrogen and oxygen atoms in total. The fourth-order valence-electron chi connectivity index (χ4n) is 1.67. The van der Waals surface area contributed by atoms with Gasteiger partial charge in [-0.1, -0.05) is 45.2 Å². The van der Waals surface area contributed by atoms with Crippen LogP contribution in [-0.4, -0.2) is 5.91 Å². The van der Waals surface area contributed by atoms with Crippen molar-refractivity contribution in [3.63, 3.8) is 0 Å². The van der Waals surface area contributed by atoms with E-state index in [0.717, 1.165) is 10.0 Å². The monoisotopic (exact) mass is 357 g/mol. The Bertz CT molecular complexity index is 603. The molecule has 2 rings (SSSR count). The molecule has 0 fully saturated rings. The first-order chi connectivity index (χ1) is 8.97. The largest absolute Gasteiger partial charge is 0.319 e. The number of aryl methyl sites for hydroxylation is 1. The molecule has 19 heavy (non-hydrogen) atoms. The van der Waals surface area contributed by atoms with Gasteiger partial charge < -0.3 is 5.32 Å². The molecular formula is C14H10BrCl2NO. The van der Waals surface area contributed by atoms with E-state index < -0.39 is 0 Å². The van der Waals surface area contributed by atoms with Gasteiger partial charge in [0.05, 0.1) is 15.7 Å². The van der Waals surface area contributed by atoms with Gasteiger partial charge in [-0.25, -0.2) is 0 Å². The van der Waals surface area contributed by atoms with Gasteiger partial charge in [0.25, 0.3) is 5.91 Å². The highest BCUT2D eigenvalue weighted by molar-refractivity contribution is 9.10. The summed E-state index contributed by atoms with van der Waals surface area (Å²) in [4.78, 5) is 12.2. The van der Waals surface area contributed by atoms with Crippen LogP contribution in [0.15, 0.2) is 40.9 Å². The number of para-hydroxylation sites is 1. The highest BCUT2D eigenvalue weighted by atomic mass is 79.9. The van der Waals surface area contributed by atoms with E-state index in [0.29, 0.717) is 21.3 Å². The average Bonchev–Trinajstić information content (AvgIpc) is 2.32. The fraction of sp³-hybridized carbons (Fsp3) is 0.0714. The van der Waals surface area contributed by atoms with Gasteiger partial charge in [-0.2, -0.15) is 0 Å². The Morgan fingerprint density at radius 2 is 1.79 bits per heavy atom. The van der Waals surface area contributed by atoms with Gasteiger partial charge in [0.1, 0.15) is 0 Å². The molecule has 0 heterocycles. The highest BCUT2D eigenvalue weighted by Gasteiger charge is 2.12. The van der Waals surface area contributed by atoms with E-state index in [4.69, 9.17) is 23.2 Å². The third-order valence-electron chi connectivity index (χ3n) is 2.51. The van der Waals surface area contributed by atoms with E-state index >= 15 is 0 Å². The second kappa shape index (κ2) is 5.95. The minimum absolute atomic E-state index is 0.251. The zero-order valence-electron chi connectivity index (χ0n) is 10.0. The molecule has 1 amide bonds. The first-order valence-electron chi connectivity index (χ1n) is 5.50. The Hall–Kier alpha value is -1.03. The molecule has 0 saturated heterocycles. The molecule has 0 radical (unpaired) electrons. The van der Waals surface area contributed by atoms with Crippen LogP contribution in [0, 0.1) is 6.92 Å². The van der Waals surface area contributed by atoms with Crippen molar-refractivity contribution in [2.45, 2.75) is 6.92 Å². The Morgan fingerprint density at radius 3 is 2.37 bits per heavy atom. The number of carbonyl (C=O) groups excluding carboxylic acids is 1. The van der Waals surface area contributed by atoms with Gasteiger partial charge in [0, 0.05) is 10.0 Å². The molecule has 0 aliphatic carbocycles. The van der Waals surface area contributed by atoms with Gasteiger partial charge in [0.2, 0.25) is 0 Å². The summed E-state index contributed by atoms with van der Waals surface area (Å²) in [5, 5.41) is 3.55. The summed E-state index contributed by atoms with van der Waals surface area (Å²) in [5.74, 6) is -0.251. The normalized spacial score (nSPS) is 10.3. The third kappa shape index (κ3) is 3.50. The SMILES string of the molecule is Cc1cc(Br)cc(C(=O)Nc2c(Cl)cccc2Cl)c1. The lowest BCUT2D eigenvalue weighted by molar-refractivity contribution is 0.102. The van der Waals surface area contributed by atoms with E-state index in [2.05, 4.69) is 21.2 Å². The number of nitrogens with one attached hydrogen (secondary N) is 1. The van der Waals surface area contributed by atoms with Crippen molar-refractivity contribution >= 4 is 50.7 Å². The second-order valence-corrected chi connectivity index (χ2v) is 5.80. The van der Waals surface area contributed by atoms with Crippen LogP contribution in [-0.2, 0) is 0 Å². The number of carbonyl (C=O) groups is 1. The molecule has 0 bridgehead atoms. The smallest absolute Gasteiger partial charge is 0.255 e. The summed E-state index contributed by atoms with van der Waals surface area (Å²) in [7, 11) is 0. The average molecular weight is 359 g/mol. The Balaban J connectivity index is 2.31.